The Morgan fingerprint density at radius 1 is 1.03 bits per heavy atom. The lowest BCUT2D eigenvalue weighted by molar-refractivity contribution is 0.0729. The van der Waals surface area contributed by atoms with Crippen LogP contribution in [0.5, 0.6) is 23.0 Å². The maximum atomic E-state index is 13.7. The Morgan fingerprint density at radius 2 is 1.70 bits per heavy atom. The van der Waals surface area contributed by atoms with Gasteiger partial charge in [-0.25, -0.2) is 4.39 Å². The molecule has 8 nitrogen and oxygen atoms in total. The zero-order valence-electron chi connectivity index (χ0n) is 20.2. The number of methoxy groups -OCH3 is 3. The number of ether oxygens (including phenoxy) is 3. The predicted molar refractivity (Wildman–Crippen MR) is 135 cm³/mol. The van der Waals surface area contributed by atoms with Gasteiger partial charge in [-0.2, -0.15) is 5.10 Å². The molecular formula is C27H23ClFN3O5. The summed E-state index contributed by atoms with van der Waals surface area (Å²) in [7, 11) is 4.53. The van der Waals surface area contributed by atoms with E-state index in [-0.39, 0.29) is 29.7 Å². The van der Waals surface area contributed by atoms with Gasteiger partial charge in [0.25, 0.3) is 5.91 Å². The number of halogens is 2. The van der Waals surface area contributed by atoms with E-state index in [2.05, 4.69) is 10.2 Å². The van der Waals surface area contributed by atoms with Gasteiger partial charge in [0.2, 0.25) is 5.75 Å². The average Bonchev–Trinajstić information content (AvgIpc) is 3.44. The Labute approximate surface area is 217 Å². The molecule has 1 aliphatic heterocycles. The molecule has 0 spiro atoms. The zero-order chi connectivity index (χ0) is 26.3. The van der Waals surface area contributed by atoms with Gasteiger partial charge in [0.1, 0.15) is 23.0 Å². The predicted octanol–water partition coefficient (Wildman–Crippen LogP) is 5.35. The van der Waals surface area contributed by atoms with Gasteiger partial charge in [0.15, 0.2) is 11.5 Å². The van der Waals surface area contributed by atoms with E-state index in [0.29, 0.717) is 44.7 Å². The first-order chi connectivity index (χ1) is 17.9. The van der Waals surface area contributed by atoms with Crippen LogP contribution in [-0.2, 0) is 6.54 Å². The molecule has 0 saturated heterocycles. The molecule has 1 atom stereocenters. The minimum Gasteiger partial charge on any atom is -0.507 e. The summed E-state index contributed by atoms with van der Waals surface area (Å²) >= 11 is 6.22. The van der Waals surface area contributed by atoms with Crippen LogP contribution in [0.15, 0.2) is 54.6 Å². The van der Waals surface area contributed by atoms with Crippen molar-refractivity contribution in [3.05, 3.63) is 87.8 Å². The van der Waals surface area contributed by atoms with Crippen molar-refractivity contribution >= 4 is 17.5 Å². The Hall–Kier alpha value is -4.24. The van der Waals surface area contributed by atoms with Crippen LogP contribution in [0.2, 0.25) is 5.02 Å². The number of carbonyl (C=O) groups excluding carboxylic acids is 1. The van der Waals surface area contributed by atoms with Crippen molar-refractivity contribution in [1.82, 2.24) is 15.1 Å². The SMILES string of the molecule is COc1cc(C2c3c(-c4cc(Cl)ccc4O)n[nH]c3C(=O)N2Cc2ccc(F)cc2)cc(OC)c1OC. The van der Waals surface area contributed by atoms with Crippen LogP contribution >= 0.6 is 11.6 Å². The summed E-state index contributed by atoms with van der Waals surface area (Å²) < 4.78 is 30.2. The highest BCUT2D eigenvalue weighted by molar-refractivity contribution is 6.31. The molecule has 0 fully saturated rings. The number of hydrogen-bond donors (Lipinski definition) is 2. The summed E-state index contributed by atoms with van der Waals surface area (Å²) in [6.07, 6.45) is 0. The summed E-state index contributed by atoms with van der Waals surface area (Å²) in [5.74, 6) is 0.518. The normalized spacial score (nSPS) is 14.6. The number of fused-ring (bicyclic) bond motifs is 1. The number of amides is 1. The molecule has 2 N–H and O–H groups in total. The van der Waals surface area contributed by atoms with Crippen molar-refractivity contribution in [2.75, 3.05) is 21.3 Å². The fourth-order valence-electron chi connectivity index (χ4n) is 4.66. The zero-order valence-corrected chi connectivity index (χ0v) is 21.0. The summed E-state index contributed by atoms with van der Waals surface area (Å²) in [5, 5.41) is 18.2. The molecule has 0 radical (unpaired) electrons. The second-order valence-electron chi connectivity index (χ2n) is 8.44. The first kappa shape index (κ1) is 24.5. The smallest absolute Gasteiger partial charge is 0.273 e. The van der Waals surface area contributed by atoms with Gasteiger partial charge >= 0.3 is 0 Å². The highest BCUT2D eigenvalue weighted by Crippen LogP contribution is 2.48. The second-order valence-corrected chi connectivity index (χ2v) is 8.88. The number of hydrogen-bond acceptors (Lipinski definition) is 6. The van der Waals surface area contributed by atoms with Crippen molar-refractivity contribution in [1.29, 1.82) is 0 Å². The molecule has 5 rings (SSSR count). The molecule has 4 aromatic rings. The fraction of sp³-hybridized carbons (Fsp3) is 0.185. The monoisotopic (exact) mass is 523 g/mol. The lowest BCUT2D eigenvalue weighted by Gasteiger charge is -2.27. The van der Waals surface area contributed by atoms with Gasteiger partial charge in [-0.3, -0.25) is 9.89 Å². The summed E-state index contributed by atoms with van der Waals surface area (Å²) in [6.45, 7) is 0.184. The van der Waals surface area contributed by atoms with E-state index in [1.807, 2.05) is 0 Å². The molecule has 10 heteroatoms. The third kappa shape index (κ3) is 4.21. The van der Waals surface area contributed by atoms with Crippen molar-refractivity contribution in [2.45, 2.75) is 12.6 Å². The number of H-pyrrole nitrogens is 1. The lowest BCUT2D eigenvalue weighted by atomic mass is 9.95. The molecule has 1 aromatic heterocycles. The van der Waals surface area contributed by atoms with Crippen LogP contribution in [0.1, 0.15) is 33.2 Å². The number of rotatable bonds is 7. The van der Waals surface area contributed by atoms with Crippen LogP contribution in [0.25, 0.3) is 11.3 Å². The van der Waals surface area contributed by atoms with Gasteiger partial charge in [0.05, 0.1) is 27.4 Å². The first-order valence-electron chi connectivity index (χ1n) is 11.3. The Kier molecular flexibility index (Phi) is 6.39. The molecule has 37 heavy (non-hydrogen) atoms. The highest BCUT2D eigenvalue weighted by Gasteiger charge is 2.43. The number of aromatic amines is 1. The molecule has 1 unspecified atom stereocenters. The van der Waals surface area contributed by atoms with Crippen LogP contribution < -0.4 is 14.2 Å². The second kappa shape index (κ2) is 9.67. The van der Waals surface area contributed by atoms with E-state index in [1.54, 1.807) is 41.3 Å². The summed E-state index contributed by atoms with van der Waals surface area (Å²) in [4.78, 5) is 15.3. The molecule has 1 aliphatic rings. The minimum absolute atomic E-state index is 0.0354. The molecule has 0 saturated carbocycles. The van der Waals surface area contributed by atoms with Gasteiger partial charge in [0, 0.05) is 22.7 Å². The standard InChI is InChI=1S/C27H23ClFN3O5/c1-35-20-10-15(11-21(36-2)26(20)37-3)25-22-23(18-12-16(28)6-9-19(18)33)30-31-24(22)27(34)32(25)13-14-4-7-17(29)8-5-14/h4-12,25,33H,13H2,1-3H3,(H,30,31). The molecular weight excluding hydrogens is 501 g/mol. The topological polar surface area (TPSA) is 96.9 Å². The highest BCUT2D eigenvalue weighted by atomic mass is 35.5. The van der Waals surface area contributed by atoms with Crippen LogP contribution in [0, 0.1) is 5.82 Å². The molecule has 3 aromatic carbocycles. The number of benzene rings is 3. The number of phenolic OH excluding ortho intramolecular Hbond substituents is 1. The quantitative estimate of drug-likeness (QED) is 0.339. The van der Waals surface area contributed by atoms with E-state index >= 15 is 0 Å². The van der Waals surface area contributed by atoms with E-state index in [4.69, 9.17) is 25.8 Å². The van der Waals surface area contributed by atoms with Gasteiger partial charge in [-0.1, -0.05) is 23.7 Å². The third-order valence-corrected chi connectivity index (χ3v) is 6.58. The number of carbonyl (C=O) groups is 1. The van der Waals surface area contributed by atoms with Gasteiger partial charge in [-0.05, 0) is 53.6 Å². The van der Waals surface area contributed by atoms with Gasteiger partial charge in [-0.15, -0.1) is 0 Å². The van der Waals surface area contributed by atoms with E-state index in [9.17, 15) is 14.3 Å². The lowest BCUT2D eigenvalue weighted by Crippen LogP contribution is -2.29. The third-order valence-electron chi connectivity index (χ3n) is 6.35. The van der Waals surface area contributed by atoms with Crippen molar-refractivity contribution < 1.29 is 28.5 Å². The average molecular weight is 524 g/mol. The maximum Gasteiger partial charge on any atom is 0.273 e. The largest absolute Gasteiger partial charge is 0.507 e. The van der Waals surface area contributed by atoms with Crippen molar-refractivity contribution in [3.8, 4) is 34.3 Å². The van der Waals surface area contributed by atoms with E-state index in [1.165, 1.54) is 39.5 Å². The van der Waals surface area contributed by atoms with Crippen LogP contribution in [0.4, 0.5) is 4.39 Å². The van der Waals surface area contributed by atoms with Crippen LogP contribution in [0.3, 0.4) is 0 Å². The van der Waals surface area contributed by atoms with E-state index in [0.717, 1.165) is 5.56 Å². The summed E-state index contributed by atoms with van der Waals surface area (Å²) in [6, 6.07) is 13.5. The van der Waals surface area contributed by atoms with Crippen molar-refractivity contribution in [3.63, 3.8) is 0 Å². The minimum atomic E-state index is -0.659. The Bertz CT molecular complexity index is 1460. The van der Waals surface area contributed by atoms with E-state index < -0.39 is 6.04 Å². The number of aromatic nitrogens is 2. The molecule has 1 amide bonds. The molecule has 0 aliphatic carbocycles. The fourth-order valence-corrected chi connectivity index (χ4v) is 4.83. The maximum absolute atomic E-state index is 13.7. The number of phenols is 1. The summed E-state index contributed by atoms with van der Waals surface area (Å²) in [5.41, 5.74) is 2.97. The number of nitrogens with one attached hydrogen (secondary N) is 1. The van der Waals surface area contributed by atoms with Crippen LogP contribution in [-0.4, -0.2) is 47.4 Å². The first-order valence-corrected chi connectivity index (χ1v) is 11.7. The Morgan fingerprint density at radius 3 is 2.32 bits per heavy atom. The Balaban J connectivity index is 1.72. The van der Waals surface area contributed by atoms with Crippen molar-refractivity contribution in [2.24, 2.45) is 0 Å². The van der Waals surface area contributed by atoms with Gasteiger partial charge < -0.3 is 24.2 Å². The molecule has 0 bridgehead atoms. The number of nitrogens with zero attached hydrogens (tertiary/aromatic N) is 2. The molecule has 190 valence electrons. The number of aromatic hydroxyl groups is 1. The molecule has 2 heterocycles.